The van der Waals surface area contributed by atoms with Gasteiger partial charge >= 0.3 is 0 Å². The van der Waals surface area contributed by atoms with E-state index in [1.807, 2.05) is 12.1 Å². The molecular formula is C17H17ClN8O. The van der Waals surface area contributed by atoms with E-state index in [4.69, 9.17) is 11.6 Å². The number of aromatic nitrogens is 6. The second kappa shape index (κ2) is 7.67. The molecule has 1 fully saturated rings. The van der Waals surface area contributed by atoms with Crippen LogP contribution in [0.3, 0.4) is 0 Å². The molecule has 1 aromatic carbocycles. The van der Waals surface area contributed by atoms with Crippen molar-refractivity contribution in [1.29, 1.82) is 0 Å². The standard InChI is InChI=1S/C17H17ClN8O/c18-14-4-2-13(3-5-14)16-21-23-26(22-16)12-15(27)24-8-10-25(11-9-24)17-19-6-1-7-20-17/h1-7H,8-12H2. The highest BCUT2D eigenvalue weighted by molar-refractivity contribution is 6.30. The van der Waals surface area contributed by atoms with Crippen molar-refractivity contribution < 1.29 is 4.79 Å². The minimum absolute atomic E-state index is 0.0383. The summed E-state index contributed by atoms with van der Waals surface area (Å²) < 4.78 is 0. The van der Waals surface area contributed by atoms with Crippen LogP contribution < -0.4 is 4.90 Å². The first kappa shape index (κ1) is 17.3. The molecule has 0 aliphatic carbocycles. The lowest BCUT2D eigenvalue weighted by Gasteiger charge is -2.34. The highest BCUT2D eigenvalue weighted by atomic mass is 35.5. The summed E-state index contributed by atoms with van der Waals surface area (Å²) in [5.41, 5.74) is 0.801. The molecule has 0 bridgehead atoms. The maximum atomic E-state index is 12.5. The number of nitrogens with zero attached hydrogens (tertiary/aromatic N) is 8. The zero-order chi connectivity index (χ0) is 18.6. The Labute approximate surface area is 160 Å². The van der Waals surface area contributed by atoms with Gasteiger partial charge in [0.1, 0.15) is 6.54 Å². The molecule has 2 aromatic heterocycles. The van der Waals surface area contributed by atoms with Gasteiger partial charge in [-0.3, -0.25) is 4.79 Å². The van der Waals surface area contributed by atoms with Gasteiger partial charge in [0, 0.05) is 49.2 Å². The summed E-state index contributed by atoms with van der Waals surface area (Å²) in [5.74, 6) is 1.12. The number of piperazine rings is 1. The van der Waals surface area contributed by atoms with Crippen molar-refractivity contribution in [3.63, 3.8) is 0 Å². The van der Waals surface area contributed by atoms with Crippen molar-refractivity contribution in [2.45, 2.75) is 6.54 Å². The number of anilines is 1. The molecule has 3 aromatic rings. The summed E-state index contributed by atoms with van der Waals surface area (Å²) in [5, 5.41) is 12.9. The number of carbonyl (C=O) groups excluding carboxylic acids is 1. The first-order valence-electron chi connectivity index (χ1n) is 8.52. The lowest BCUT2D eigenvalue weighted by atomic mass is 10.2. The van der Waals surface area contributed by atoms with E-state index in [1.54, 1.807) is 35.5 Å². The summed E-state index contributed by atoms with van der Waals surface area (Å²) in [6, 6.07) is 8.94. The van der Waals surface area contributed by atoms with Crippen LogP contribution in [0.1, 0.15) is 0 Å². The van der Waals surface area contributed by atoms with Gasteiger partial charge in [-0.15, -0.1) is 10.2 Å². The van der Waals surface area contributed by atoms with Crippen LogP contribution in [0.15, 0.2) is 42.7 Å². The van der Waals surface area contributed by atoms with Crippen molar-refractivity contribution in [1.82, 2.24) is 35.1 Å². The van der Waals surface area contributed by atoms with Gasteiger partial charge in [-0.25, -0.2) is 9.97 Å². The molecule has 1 aliphatic rings. The Bertz CT molecular complexity index is 906. The van der Waals surface area contributed by atoms with Crippen LogP contribution in [0.4, 0.5) is 5.95 Å². The van der Waals surface area contributed by atoms with Crippen LogP contribution >= 0.6 is 11.6 Å². The van der Waals surface area contributed by atoms with Crippen LogP contribution in [0.25, 0.3) is 11.4 Å². The van der Waals surface area contributed by atoms with Gasteiger partial charge in [0.25, 0.3) is 0 Å². The summed E-state index contributed by atoms with van der Waals surface area (Å²) in [6.45, 7) is 2.65. The second-order valence-corrected chi connectivity index (χ2v) is 6.50. The molecule has 0 unspecified atom stereocenters. The summed E-state index contributed by atoms with van der Waals surface area (Å²) in [6.07, 6.45) is 3.43. The fourth-order valence-corrected chi connectivity index (χ4v) is 2.98. The molecule has 0 saturated carbocycles. The molecule has 3 heterocycles. The molecule has 0 N–H and O–H groups in total. The first-order valence-corrected chi connectivity index (χ1v) is 8.90. The van der Waals surface area contributed by atoms with Crippen molar-refractivity contribution >= 4 is 23.5 Å². The third-order valence-corrected chi connectivity index (χ3v) is 4.55. The number of benzene rings is 1. The summed E-state index contributed by atoms with van der Waals surface area (Å²) in [7, 11) is 0. The van der Waals surface area contributed by atoms with Crippen molar-refractivity contribution in [3.05, 3.63) is 47.7 Å². The van der Waals surface area contributed by atoms with Crippen LogP contribution in [0.2, 0.25) is 5.02 Å². The molecule has 0 spiro atoms. The van der Waals surface area contributed by atoms with E-state index in [1.165, 1.54) is 4.80 Å². The van der Waals surface area contributed by atoms with Crippen molar-refractivity contribution in [3.8, 4) is 11.4 Å². The quantitative estimate of drug-likeness (QED) is 0.665. The second-order valence-electron chi connectivity index (χ2n) is 6.07. The monoisotopic (exact) mass is 384 g/mol. The van der Waals surface area contributed by atoms with E-state index in [9.17, 15) is 4.79 Å². The molecule has 9 nitrogen and oxygen atoms in total. The third kappa shape index (κ3) is 4.03. The molecule has 1 saturated heterocycles. The molecule has 1 amide bonds. The smallest absolute Gasteiger partial charge is 0.246 e. The van der Waals surface area contributed by atoms with Crippen LogP contribution in [-0.2, 0) is 11.3 Å². The lowest BCUT2D eigenvalue weighted by molar-refractivity contribution is -0.132. The van der Waals surface area contributed by atoms with E-state index >= 15 is 0 Å². The molecule has 4 rings (SSSR count). The number of hydrogen-bond donors (Lipinski definition) is 0. The average Bonchev–Trinajstić information content (AvgIpc) is 3.18. The Morgan fingerprint density at radius 2 is 1.74 bits per heavy atom. The van der Waals surface area contributed by atoms with E-state index in [2.05, 4.69) is 30.3 Å². The maximum absolute atomic E-state index is 12.5. The van der Waals surface area contributed by atoms with Gasteiger partial charge in [-0.2, -0.15) is 4.80 Å². The predicted molar refractivity (Wildman–Crippen MR) is 99.1 cm³/mol. The molecular weight excluding hydrogens is 368 g/mol. The summed E-state index contributed by atoms with van der Waals surface area (Å²) >= 11 is 5.89. The lowest BCUT2D eigenvalue weighted by Crippen LogP contribution is -2.50. The van der Waals surface area contributed by atoms with Gasteiger partial charge in [0.15, 0.2) is 0 Å². The normalized spacial score (nSPS) is 14.4. The molecule has 27 heavy (non-hydrogen) atoms. The Morgan fingerprint density at radius 3 is 2.44 bits per heavy atom. The van der Waals surface area contributed by atoms with Crippen LogP contribution in [0.5, 0.6) is 0 Å². The maximum Gasteiger partial charge on any atom is 0.246 e. The highest BCUT2D eigenvalue weighted by Crippen LogP contribution is 2.17. The molecule has 0 atom stereocenters. The third-order valence-electron chi connectivity index (χ3n) is 4.30. The highest BCUT2D eigenvalue weighted by Gasteiger charge is 2.23. The Morgan fingerprint density at radius 1 is 1.04 bits per heavy atom. The Kier molecular flexibility index (Phi) is 4.93. The Balaban J connectivity index is 1.34. The summed E-state index contributed by atoms with van der Waals surface area (Å²) in [4.78, 5) is 26.2. The van der Waals surface area contributed by atoms with Crippen LogP contribution in [0, 0.1) is 0 Å². The zero-order valence-corrected chi connectivity index (χ0v) is 15.2. The topological polar surface area (TPSA) is 92.9 Å². The van der Waals surface area contributed by atoms with Gasteiger partial charge in [-0.05, 0) is 35.5 Å². The van der Waals surface area contributed by atoms with E-state index < -0.39 is 0 Å². The van der Waals surface area contributed by atoms with Gasteiger partial charge in [0.05, 0.1) is 0 Å². The number of amides is 1. The van der Waals surface area contributed by atoms with Crippen molar-refractivity contribution in [2.75, 3.05) is 31.1 Å². The van der Waals surface area contributed by atoms with E-state index in [0.29, 0.717) is 43.0 Å². The molecule has 1 aliphatic heterocycles. The number of hydrogen-bond acceptors (Lipinski definition) is 7. The van der Waals surface area contributed by atoms with Crippen molar-refractivity contribution in [2.24, 2.45) is 0 Å². The van der Waals surface area contributed by atoms with Crippen LogP contribution in [-0.4, -0.2) is 67.2 Å². The number of rotatable bonds is 4. The minimum Gasteiger partial charge on any atom is -0.337 e. The molecule has 138 valence electrons. The largest absolute Gasteiger partial charge is 0.337 e. The number of carbonyl (C=O) groups is 1. The van der Waals surface area contributed by atoms with E-state index in [0.717, 1.165) is 5.56 Å². The Hall–Kier alpha value is -3.07. The zero-order valence-electron chi connectivity index (χ0n) is 14.4. The average molecular weight is 385 g/mol. The molecule has 10 heteroatoms. The number of tetrazole rings is 1. The van der Waals surface area contributed by atoms with Gasteiger partial charge in [0.2, 0.25) is 17.7 Å². The SMILES string of the molecule is O=C(Cn1nnc(-c2ccc(Cl)cc2)n1)N1CCN(c2ncccn2)CC1. The first-order chi connectivity index (χ1) is 13.2. The molecule has 0 radical (unpaired) electrons. The fourth-order valence-electron chi connectivity index (χ4n) is 2.86. The fraction of sp³-hybridized carbons (Fsp3) is 0.294. The minimum atomic E-state index is -0.0383. The van der Waals surface area contributed by atoms with Gasteiger partial charge in [-0.1, -0.05) is 11.6 Å². The predicted octanol–water partition coefficient (Wildman–Crippen LogP) is 1.13. The van der Waals surface area contributed by atoms with E-state index in [-0.39, 0.29) is 12.5 Å². The van der Waals surface area contributed by atoms with Gasteiger partial charge < -0.3 is 9.80 Å². The number of halogens is 1.